The van der Waals surface area contributed by atoms with Crippen molar-refractivity contribution in [3.8, 4) is 0 Å². The Hall–Kier alpha value is -0.420. The predicted octanol–water partition coefficient (Wildman–Crippen LogP) is 3.18. The first-order valence-electron chi connectivity index (χ1n) is 4.63. The molecule has 0 saturated heterocycles. The molecular weight excluding hydrogens is 326 g/mol. The van der Waals surface area contributed by atoms with E-state index in [1.165, 1.54) is 0 Å². The Balaban J connectivity index is 2.45. The lowest BCUT2D eigenvalue weighted by atomic mass is 9.95. The van der Waals surface area contributed by atoms with E-state index in [2.05, 4.69) is 36.8 Å². The normalized spacial score (nSPS) is 17.5. The Morgan fingerprint density at radius 1 is 1.40 bits per heavy atom. The molecule has 5 heteroatoms. The molecule has 1 saturated carbocycles. The van der Waals surface area contributed by atoms with Crippen LogP contribution in [0.4, 0.5) is 0 Å². The molecule has 3 nitrogen and oxygen atoms in total. The van der Waals surface area contributed by atoms with E-state index in [1.807, 2.05) is 0 Å². The van der Waals surface area contributed by atoms with Crippen LogP contribution < -0.4 is 0 Å². The smallest absolute Gasteiger partial charge is 0.311 e. The molecule has 1 N–H and O–H groups in total. The van der Waals surface area contributed by atoms with Crippen LogP contribution in [0.1, 0.15) is 24.3 Å². The summed E-state index contributed by atoms with van der Waals surface area (Å²) in [6.45, 7) is 0. The van der Waals surface area contributed by atoms with E-state index in [9.17, 15) is 9.90 Å². The zero-order valence-corrected chi connectivity index (χ0v) is 11.0. The average molecular weight is 335 g/mol. The van der Waals surface area contributed by atoms with Gasteiger partial charge in [-0.1, -0.05) is 0 Å². The number of pyridine rings is 1. The van der Waals surface area contributed by atoms with Crippen molar-refractivity contribution in [1.29, 1.82) is 0 Å². The molecular formula is C10H9Br2NO2. The molecule has 80 valence electrons. The second kappa shape index (κ2) is 4.22. The maximum atomic E-state index is 11.2. The summed E-state index contributed by atoms with van der Waals surface area (Å²) >= 11 is 6.71. The minimum Gasteiger partial charge on any atom is -0.481 e. The third-order valence-corrected chi connectivity index (χ3v) is 3.82. The number of hydrogen-bond acceptors (Lipinski definition) is 2. The predicted molar refractivity (Wildman–Crippen MR) is 62.7 cm³/mol. The molecule has 0 amide bonds. The van der Waals surface area contributed by atoms with Gasteiger partial charge in [-0.3, -0.25) is 9.78 Å². The SMILES string of the molecule is O=C(O)C(c1c(Br)cncc1Br)C1CC1. The number of aliphatic carboxylic acids is 1. The fourth-order valence-corrected chi connectivity index (χ4v) is 3.13. The molecule has 0 bridgehead atoms. The van der Waals surface area contributed by atoms with Gasteiger partial charge in [-0.2, -0.15) is 0 Å². The van der Waals surface area contributed by atoms with Crippen molar-refractivity contribution >= 4 is 37.8 Å². The largest absolute Gasteiger partial charge is 0.481 e. The minimum absolute atomic E-state index is 0.275. The van der Waals surface area contributed by atoms with Gasteiger partial charge in [0, 0.05) is 21.3 Å². The van der Waals surface area contributed by atoms with E-state index in [1.54, 1.807) is 12.4 Å². The molecule has 1 fully saturated rings. The van der Waals surface area contributed by atoms with Crippen LogP contribution in [-0.2, 0) is 4.79 Å². The van der Waals surface area contributed by atoms with Gasteiger partial charge in [0.15, 0.2) is 0 Å². The van der Waals surface area contributed by atoms with Crippen LogP contribution in [0.3, 0.4) is 0 Å². The Morgan fingerprint density at radius 3 is 2.33 bits per heavy atom. The van der Waals surface area contributed by atoms with E-state index in [0.717, 1.165) is 27.4 Å². The molecule has 1 atom stereocenters. The first kappa shape index (κ1) is 11.1. The summed E-state index contributed by atoms with van der Waals surface area (Å²) in [6.07, 6.45) is 5.27. The standard InChI is InChI=1S/C10H9Br2NO2/c11-6-3-13-4-7(12)9(6)8(10(14)15)5-1-2-5/h3-5,8H,1-2H2,(H,14,15). The molecule has 1 aromatic heterocycles. The van der Waals surface area contributed by atoms with Crippen LogP contribution in [0.15, 0.2) is 21.3 Å². The first-order valence-corrected chi connectivity index (χ1v) is 6.21. The van der Waals surface area contributed by atoms with Crippen molar-refractivity contribution < 1.29 is 9.90 Å². The van der Waals surface area contributed by atoms with Crippen molar-refractivity contribution in [2.24, 2.45) is 5.92 Å². The molecule has 1 aromatic rings. The fourth-order valence-electron chi connectivity index (χ4n) is 1.71. The molecule has 0 spiro atoms. The number of rotatable bonds is 3. The first-order chi connectivity index (χ1) is 7.11. The highest BCUT2D eigenvalue weighted by molar-refractivity contribution is 9.11. The van der Waals surface area contributed by atoms with Crippen molar-refractivity contribution in [3.63, 3.8) is 0 Å². The Labute approximate surface area is 104 Å². The van der Waals surface area contributed by atoms with Crippen LogP contribution in [0.25, 0.3) is 0 Å². The Bertz CT molecular complexity index is 384. The zero-order valence-electron chi connectivity index (χ0n) is 7.78. The summed E-state index contributed by atoms with van der Waals surface area (Å²) in [5.74, 6) is -0.903. The van der Waals surface area contributed by atoms with Gasteiger partial charge >= 0.3 is 5.97 Å². The van der Waals surface area contributed by atoms with E-state index < -0.39 is 11.9 Å². The molecule has 2 rings (SSSR count). The quantitative estimate of drug-likeness (QED) is 0.923. The highest BCUT2D eigenvalue weighted by atomic mass is 79.9. The lowest BCUT2D eigenvalue weighted by Crippen LogP contribution is -2.15. The second-order valence-corrected chi connectivity index (χ2v) is 5.38. The van der Waals surface area contributed by atoms with E-state index in [4.69, 9.17) is 0 Å². The molecule has 0 aromatic carbocycles. The van der Waals surface area contributed by atoms with Crippen molar-refractivity contribution in [3.05, 3.63) is 26.9 Å². The van der Waals surface area contributed by atoms with Crippen LogP contribution >= 0.6 is 31.9 Å². The maximum Gasteiger partial charge on any atom is 0.311 e. The van der Waals surface area contributed by atoms with Crippen LogP contribution in [-0.4, -0.2) is 16.1 Å². The molecule has 1 unspecified atom stereocenters. The van der Waals surface area contributed by atoms with Crippen molar-refractivity contribution in [1.82, 2.24) is 4.98 Å². The van der Waals surface area contributed by atoms with Gasteiger partial charge in [0.05, 0.1) is 5.92 Å². The monoisotopic (exact) mass is 333 g/mol. The maximum absolute atomic E-state index is 11.2. The third kappa shape index (κ3) is 2.23. The summed E-state index contributed by atoms with van der Waals surface area (Å²) in [4.78, 5) is 15.2. The van der Waals surface area contributed by atoms with E-state index in [0.29, 0.717) is 0 Å². The van der Waals surface area contributed by atoms with Crippen LogP contribution in [0.2, 0.25) is 0 Å². The van der Waals surface area contributed by atoms with Gasteiger partial charge in [0.25, 0.3) is 0 Å². The molecule has 0 radical (unpaired) electrons. The van der Waals surface area contributed by atoms with Gasteiger partial charge in [0.1, 0.15) is 0 Å². The van der Waals surface area contributed by atoms with Gasteiger partial charge < -0.3 is 5.11 Å². The number of hydrogen-bond donors (Lipinski definition) is 1. The minimum atomic E-state index is -0.759. The van der Waals surface area contributed by atoms with Crippen molar-refractivity contribution in [2.45, 2.75) is 18.8 Å². The number of halogens is 2. The molecule has 1 aliphatic carbocycles. The fraction of sp³-hybridized carbons (Fsp3) is 0.400. The Kier molecular flexibility index (Phi) is 3.11. The van der Waals surface area contributed by atoms with E-state index in [-0.39, 0.29) is 5.92 Å². The van der Waals surface area contributed by atoms with Gasteiger partial charge in [-0.25, -0.2) is 0 Å². The number of aromatic nitrogens is 1. The molecule has 1 heterocycles. The van der Waals surface area contributed by atoms with Gasteiger partial charge in [-0.05, 0) is 56.2 Å². The zero-order chi connectivity index (χ0) is 11.0. The summed E-state index contributed by atoms with van der Waals surface area (Å²) < 4.78 is 1.52. The summed E-state index contributed by atoms with van der Waals surface area (Å²) in [7, 11) is 0. The lowest BCUT2D eigenvalue weighted by Gasteiger charge is -2.14. The number of carbonyl (C=O) groups is 1. The average Bonchev–Trinajstić information content (AvgIpc) is 2.94. The summed E-state index contributed by atoms with van der Waals surface area (Å²) in [5.41, 5.74) is 0.806. The Morgan fingerprint density at radius 2 is 1.93 bits per heavy atom. The van der Waals surface area contributed by atoms with E-state index >= 15 is 0 Å². The van der Waals surface area contributed by atoms with Crippen LogP contribution in [0, 0.1) is 5.92 Å². The number of nitrogens with zero attached hydrogens (tertiary/aromatic N) is 1. The highest BCUT2D eigenvalue weighted by Crippen LogP contribution is 2.46. The third-order valence-electron chi connectivity index (χ3n) is 2.56. The summed E-state index contributed by atoms with van der Waals surface area (Å²) in [5, 5.41) is 9.22. The van der Waals surface area contributed by atoms with Crippen molar-refractivity contribution in [2.75, 3.05) is 0 Å². The lowest BCUT2D eigenvalue weighted by molar-refractivity contribution is -0.139. The topological polar surface area (TPSA) is 50.2 Å². The second-order valence-electron chi connectivity index (χ2n) is 3.67. The molecule has 0 aliphatic heterocycles. The summed E-state index contributed by atoms with van der Waals surface area (Å²) in [6, 6.07) is 0. The number of carboxylic acid groups (broad SMARTS) is 1. The highest BCUT2D eigenvalue weighted by Gasteiger charge is 2.39. The van der Waals surface area contributed by atoms with Gasteiger partial charge in [0.2, 0.25) is 0 Å². The van der Waals surface area contributed by atoms with Gasteiger partial charge in [-0.15, -0.1) is 0 Å². The van der Waals surface area contributed by atoms with Crippen LogP contribution in [0.5, 0.6) is 0 Å². The molecule has 1 aliphatic rings. The number of carboxylic acids is 1. The molecule has 15 heavy (non-hydrogen) atoms.